The van der Waals surface area contributed by atoms with Crippen LogP contribution < -0.4 is 20.4 Å². The van der Waals surface area contributed by atoms with Gasteiger partial charge in [-0.1, -0.05) is 18.2 Å². The summed E-state index contributed by atoms with van der Waals surface area (Å²) in [4.78, 5) is 26.0. The second-order valence-corrected chi connectivity index (χ2v) is 11.1. The maximum absolute atomic E-state index is 13.1. The van der Waals surface area contributed by atoms with Crippen LogP contribution >= 0.6 is 15.9 Å². The van der Waals surface area contributed by atoms with Crippen molar-refractivity contribution in [2.24, 2.45) is 0 Å². The number of methoxy groups -OCH3 is 1. The van der Waals surface area contributed by atoms with Crippen molar-refractivity contribution in [1.82, 2.24) is 0 Å². The van der Waals surface area contributed by atoms with Gasteiger partial charge in [0.15, 0.2) is 11.4 Å². The van der Waals surface area contributed by atoms with Gasteiger partial charge in [-0.05, 0) is 85.6 Å². The standard InChI is InChI=1S/C31H30BrNO8/c1-17-22(39-25-15-14-24(37-4)31(2,3)41-25)13-11-20-27(34)26(30(36)40-28(17)20)33-29(35)18-10-12-21(32)23(16-18)38-19-8-6-5-7-9-19/h5-13,16,24-25,34H,14-15H2,1-4H3,(H,33,35). The summed E-state index contributed by atoms with van der Waals surface area (Å²) in [7, 11) is 1.66. The Morgan fingerprint density at radius 3 is 2.54 bits per heavy atom. The van der Waals surface area contributed by atoms with E-state index in [1.807, 2.05) is 32.0 Å². The smallest absolute Gasteiger partial charge is 0.364 e. The molecule has 1 saturated heterocycles. The Labute approximate surface area is 245 Å². The maximum Gasteiger partial charge on any atom is 0.364 e. The van der Waals surface area contributed by atoms with Crippen molar-refractivity contribution < 1.29 is 33.3 Å². The van der Waals surface area contributed by atoms with E-state index in [0.29, 0.717) is 33.7 Å². The fourth-order valence-corrected chi connectivity index (χ4v) is 5.19. The Bertz CT molecular complexity index is 1650. The second-order valence-electron chi connectivity index (χ2n) is 10.3. The maximum atomic E-state index is 13.1. The fourth-order valence-electron chi connectivity index (χ4n) is 4.86. The highest BCUT2D eigenvalue weighted by Crippen LogP contribution is 2.38. The molecule has 1 aliphatic rings. The van der Waals surface area contributed by atoms with Crippen molar-refractivity contribution in [2.45, 2.75) is 51.6 Å². The Morgan fingerprint density at radius 2 is 1.83 bits per heavy atom. The first kappa shape index (κ1) is 28.7. The molecule has 9 nitrogen and oxygen atoms in total. The molecule has 1 aromatic heterocycles. The molecule has 4 aromatic rings. The number of halogens is 1. The van der Waals surface area contributed by atoms with Crippen LogP contribution in [0.5, 0.6) is 23.0 Å². The number of para-hydroxylation sites is 1. The van der Waals surface area contributed by atoms with Gasteiger partial charge in [-0.15, -0.1) is 0 Å². The number of hydrogen-bond donors (Lipinski definition) is 2. The molecule has 1 fully saturated rings. The lowest BCUT2D eigenvalue weighted by Crippen LogP contribution is -2.49. The molecule has 214 valence electrons. The van der Waals surface area contributed by atoms with Crippen LogP contribution in [0.3, 0.4) is 0 Å². The summed E-state index contributed by atoms with van der Waals surface area (Å²) < 4.78 is 29.8. The lowest BCUT2D eigenvalue weighted by atomic mass is 9.94. The summed E-state index contributed by atoms with van der Waals surface area (Å²) in [6.07, 6.45) is 0.809. The average Bonchev–Trinajstić information content (AvgIpc) is 2.94. The average molecular weight is 624 g/mol. The summed E-state index contributed by atoms with van der Waals surface area (Å²) in [5, 5.41) is 13.7. The minimum Gasteiger partial charge on any atom is -0.505 e. The third-order valence-electron chi connectivity index (χ3n) is 7.07. The van der Waals surface area contributed by atoms with Crippen LogP contribution in [0, 0.1) is 6.92 Å². The number of aromatic hydroxyl groups is 1. The van der Waals surface area contributed by atoms with Gasteiger partial charge in [-0.25, -0.2) is 4.79 Å². The van der Waals surface area contributed by atoms with E-state index in [2.05, 4.69) is 21.2 Å². The van der Waals surface area contributed by atoms with E-state index in [1.54, 1.807) is 50.4 Å². The highest BCUT2D eigenvalue weighted by atomic mass is 79.9. The third-order valence-corrected chi connectivity index (χ3v) is 7.72. The van der Waals surface area contributed by atoms with E-state index in [-0.39, 0.29) is 28.3 Å². The van der Waals surface area contributed by atoms with Crippen molar-refractivity contribution >= 4 is 38.5 Å². The third kappa shape index (κ3) is 5.95. The van der Waals surface area contributed by atoms with E-state index in [1.165, 1.54) is 6.07 Å². The van der Waals surface area contributed by atoms with E-state index in [9.17, 15) is 14.7 Å². The zero-order valence-corrected chi connectivity index (χ0v) is 24.6. The topological polar surface area (TPSA) is 116 Å². The van der Waals surface area contributed by atoms with Gasteiger partial charge in [0.25, 0.3) is 5.91 Å². The number of amides is 1. The number of carbonyl (C=O) groups is 1. The molecule has 0 bridgehead atoms. The summed E-state index contributed by atoms with van der Waals surface area (Å²) >= 11 is 3.42. The molecule has 1 amide bonds. The van der Waals surface area contributed by atoms with Crippen LogP contribution in [-0.2, 0) is 9.47 Å². The van der Waals surface area contributed by atoms with Crippen LogP contribution in [0.4, 0.5) is 5.69 Å². The van der Waals surface area contributed by atoms with Crippen molar-refractivity contribution in [3.05, 3.63) is 86.7 Å². The monoisotopic (exact) mass is 623 g/mol. The Hall–Kier alpha value is -3.86. The number of rotatable bonds is 7. The Balaban J connectivity index is 1.38. The number of anilines is 1. The number of nitrogens with one attached hydrogen (secondary N) is 1. The fraction of sp³-hybridized carbons (Fsp3) is 0.290. The zero-order chi connectivity index (χ0) is 29.3. The molecule has 0 saturated carbocycles. The Kier molecular flexibility index (Phi) is 8.08. The highest BCUT2D eigenvalue weighted by molar-refractivity contribution is 9.10. The van der Waals surface area contributed by atoms with E-state index in [4.69, 9.17) is 23.4 Å². The molecular weight excluding hydrogens is 594 g/mol. The van der Waals surface area contributed by atoms with Gasteiger partial charge in [0.05, 0.1) is 21.6 Å². The van der Waals surface area contributed by atoms with Gasteiger partial charge >= 0.3 is 5.63 Å². The molecule has 2 N–H and O–H groups in total. The van der Waals surface area contributed by atoms with Crippen molar-refractivity contribution in [1.29, 1.82) is 0 Å². The first-order valence-electron chi connectivity index (χ1n) is 13.1. The van der Waals surface area contributed by atoms with Crippen LogP contribution in [0.15, 0.2) is 74.3 Å². The lowest BCUT2D eigenvalue weighted by molar-refractivity contribution is -0.233. The van der Waals surface area contributed by atoms with Gasteiger partial charge in [0, 0.05) is 24.7 Å². The minimum absolute atomic E-state index is 0.0518. The largest absolute Gasteiger partial charge is 0.505 e. The van der Waals surface area contributed by atoms with Crippen LogP contribution in [0.2, 0.25) is 0 Å². The summed E-state index contributed by atoms with van der Waals surface area (Å²) in [5.41, 5.74) is -0.937. The number of benzene rings is 3. The van der Waals surface area contributed by atoms with Crippen molar-refractivity contribution in [3.8, 4) is 23.0 Å². The molecule has 3 aromatic carbocycles. The summed E-state index contributed by atoms with van der Waals surface area (Å²) in [6.45, 7) is 5.62. The van der Waals surface area contributed by atoms with Crippen LogP contribution in [0.25, 0.3) is 11.0 Å². The van der Waals surface area contributed by atoms with E-state index >= 15 is 0 Å². The number of hydrogen-bond acceptors (Lipinski definition) is 8. The molecule has 5 rings (SSSR count). The summed E-state index contributed by atoms with van der Waals surface area (Å²) in [6, 6.07) is 17.1. The summed E-state index contributed by atoms with van der Waals surface area (Å²) in [5.74, 6) is 0.421. The zero-order valence-electron chi connectivity index (χ0n) is 23.0. The molecular formula is C31H30BrNO8. The number of fused-ring (bicyclic) bond motifs is 1. The van der Waals surface area contributed by atoms with Gasteiger partial charge in [0.2, 0.25) is 6.29 Å². The number of ether oxygens (including phenoxy) is 4. The van der Waals surface area contributed by atoms with E-state index in [0.717, 1.165) is 6.42 Å². The van der Waals surface area contributed by atoms with Gasteiger partial charge < -0.3 is 33.8 Å². The lowest BCUT2D eigenvalue weighted by Gasteiger charge is -2.41. The quantitative estimate of drug-likeness (QED) is 0.213. The molecule has 0 spiro atoms. The molecule has 0 aliphatic carbocycles. The first-order chi connectivity index (χ1) is 19.6. The SMILES string of the molecule is COC1CCC(Oc2ccc3c(O)c(NC(=O)c4ccc(Br)c(Oc5ccccc5)c4)c(=O)oc3c2C)OC1(C)C. The normalized spacial score (nSPS) is 18.2. The Morgan fingerprint density at radius 1 is 1.07 bits per heavy atom. The predicted molar refractivity (Wildman–Crippen MR) is 157 cm³/mol. The number of carbonyl (C=O) groups excluding carboxylic acids is 1. The van der Waals surface area contributed by atoms with Crippen molar-refractivity contribution in [3.63, 3.8) is 0 Å². The molecule has 2 atom stereocenters. The van der Waals surface area contributed by atoms with Crippen LogP contribution in [0.1, 0.15) is 42.6 Å². The van der Waals surface area contributed by atoms with Gasteiger partial charge in [-0.2, -0.15) is 0 Å². The van der Waals surface area contributed by atoms with Crippen LogP contribution in [-0.4, -0.2) is 36.1 Å². The molecule has 2 heterocycles. The molecule has 1 aliphatic heterocycles. The van der Waals surface area contributed by atoms with Crippen molar-refractivity contribution in [2.75, 3.05) is 12.4 Å². The predicted octanol–water partition coefficient (Wildman–Crippen LogP) is 6.92. The van der Waals surface area contributed by atoms with Gasteiger partial charge in [0.1, 0.15) is 22.8 Å². The first-order valence-corrected chi connectivity index (χ1v) is 13.9. The molecule has 41 heavy (non-hydrogen) atoms. The molecule has 2 unspecified atom stereocenters. The minimum atomic E-state index is -0.903. The highest BCUT2D eigenvalue weighted by Gasteiger charge is 2.39. The second kappa shape index (κ2) is 11.6. The van der Waals surface area contributed by atoms with E-state index < -0.39 is 29.2 Å². The molecule has 0 radical (unpaired) electrons. The molecule has 10 heteroatoms. The van der Waals surface area contributed by atoms with Gasteiger partial charge in [-0.3, -0.25) is 4.79 Å². The number of aryl methyl sites for hydroxylation is 1.